The zero-order valence-corrected chi connectivity index (χ0v) is 17.3. The van der Waals surface area contributed by atoms with Crippen molar-refractivity contribution in [3.05, 3.63) is 53.6 Å². The van der Waals surface area contributed by atoms with Crippen molar-refractivity contribution in [3.63, 3.8) is 0 Å². The Morgan fingerprint density at radius 2 is 1.86 bits per heavy atom. The number of methoxy groups -OCH3 is 1. The second-order valence-electron chi connectivity index (χ2n) is 6.74. The number of rotatable bonds is 6. The Balaban J connectivity index is 2.07. The van der Waals surface area contributed by atoms with Gasteiger partial charge in [-0.2, -0.15) is 5.26 Å². The summed E-state index contributed by atoms with van der Waals surface area (Å²) < 4.78 is 28.5. The molecule has 0 aliphatic carbocycles. The highest BCUT2D eigenvalue weighted by Crippen LogP contribution is 2.39. The highest BCUT2D eigenvalue weighted by molar-refractivity contribution is 8.21. The van der Waals surface area contributed by atoms with Crippen molar-refractivity contribution in [2.75, 3.05) is 20.4 Å². The van der Waals surface area contributed by atoms with Gasteiger partial charge in [-0.05, 0) is 30.2 Å². The highest BCUT2D eigenvalue weighted by Gasteiger charge is 2.19. The van der Waals surface area contributed by atoms with Gasteiger partial charge in [0.15, 0.2) is 0 Å². The van der Waals surface area contributed by atoms with Crippen molar-refractivity contribution in [1.29, 1.82) is 5.26 Å². The van der Waals surface area contributed by atoms with Crippen LogP contribution in [0.2, 0.25) is 0 Å². The number of aromatic nitrogens is 1. The van der Waals surface area contributed by atoms with Crippen LogP contribution in [0.5, 0.6) is 5.75 Å². The second kappa shape index (κ2) is 7.86. The molecule has 28 heavy (non-hydrogen) atoms. The standard InChI is InChI=1S/C21H25N3O3S/c1-5-24-20-12-17(27-3)10-11-18(20)19(13-22)21(24)16-8-6-15(7-9-16)14-23(2)28(4,25)26/h6-12,25-26H,5,14H2,1-4H3. The second-order valence-corrected chi connectivity index (χ2v) is 8.95. The third-order valence-corrected chi connectivity index (χ3v) is 6.23. The molecular weight excluding hydrogens is 374 g/mol. The van der Waals surface area contributed by atoms with Crippen molar-refractivity contribution in [3.8, 4) is 23.1 Å². The van der Waals surface area contributed by atoms with Gasteiger partial charge in [0.25, 0.3) is 0 Å². The molecule has 0 saturated heterocycles. The molecule has 2 aromatic carbocycles. The molecule has 0 radical (unpaired) electrons. The largest absolute Gasteiger partial charge is 0.497 e. The van der Waals surface area contributed by atoms with E-state index in [9.17, 15) is 14.4 Å². The van der Waals surface area contributed by atoms with Crippen LogP contribution in [0, 0.1) is 11.3 Å². The number of nitrogens with zero attached hydrogens (tertiary/aromatic N) is 3. The van der Waals surface area contributed by atoms with Gasteiger partial charge in [-0.1, -0.05) is 24.3 Å². The lowest BCUT2D eigenvalue weighted by atomic mass is 10.0. The quantitative estimate of drug-likeness (QED) is 0.614. The first kappa shape index (κ1) is 20.2. The molecule has 0 aliphatic heterocycles. The molecule has 0 unspecified atom stereocenters. The Hall–Kier alpha value is -2.50. The predicted molar refractivity (Wildman–Crippen MR) is 115 cm³/mol. The topological polar surface area (TPSA) is 81.6 Å². The van der Waals surface area contributed by atoms with Gasteiger partial charge < -0.3 is 9.30 Å². The van der Waals surface area contributed by atoms with Crippen LogP contribution in [0.3, 0.4) is 0 Å². The molecule has 1 aromatic heterocycles. The number of benzene rings is 2. The lowest BCUT2D eigenvalue weighted by Gasteiger charge is -2.36. The molecule has 0 spiro atoms. The maximum atomic E-state index is 9.82. The van der Waals surface area contributed by atoms with E-state index in [2.05, 4.69) is 17.6 Å². The van der Waals surface area contributed by atoms with Crippen LogP contribution < -0.4 is 4.74 Å². The van der Waals surface area contributed by atoms with Crippen molar-refractivity contribution in [2.24, 2.45) is 0 Å². The van der Waals surface area contributed by atoms with E-state index in [4.69, 9.17) is 4.74 Å². The first-order chi connectivity index (χ1) is 13.3. The summed E-state index contributed by atoms with van der Waals surface area (Å²) in [6.07, 6.45) is 1.41. The van der Waals surface area contributed by atoms with Gasteiger partial charge in [0.2, 0.25) is 0 Å². The van der Waals surface area contributed by atoms with Crippen LogP contribution in [0.4, 0.5) is 0 Å². The van der Waals surface area contributed by atoms with E-state index < -0.39 is 10.8 Å². The number of hydrogen-bond donors (Lipinski definition) is 2. The van der Waals surface area contributed by atoms with E-state index in [1.165, 1.54) is 10.6 Å². The zero-order chi connectivity index (χ0) is 20.5. The molecule has 0 amide bonds. The molecule has 0 fully saturated rings. The van der Waals surface area contributed by atoms with E-state index in [-0.39, 0.29) is 0 Å². The van der Waals surface area contributed by atoms with Gasteiger partial charge in [-0.25, -0.2) is 4.31 Å². The van der Waals surface area contributed by atoms with E-state index in [0.29, 0.717) is 12.1 Å². The smallest absolute Gasteiger partial charge is 0.120 e. The average Bonchev–Trinajstić information content (AvgIpc) is 3.00. The van der Waals surface area contributed by atoms with Gasteiger partial charge in [-0.3, -0.25) is 9.11 Å². The van der Waals surface area contributed by atoms with Crippen LogP contribution in [0.1, 0.15) is 18.1 Å². The zero-order valence-electron chi connectivity index (χ0n) is 16.5. The van der Waals surface area contributed by atoms with E-state index in [1.54, 1.807) is 14.2 Å². The molecule has 2 N–H and O–H groups in total. The molecule has 6 nitrogen and oxygen atoms in total. The Bertz CT molecular complexity index is 1030. The van der Waals surface area contributed by atoms with Gasteiger partial charge in [0.05, 0.1) is 23.9 Å². The predicted octanol–water partition coefficient (Wildman–Crippen LogP) is 4.94. The minimum Gasteiger partial charge on any atom is -0.497 e. The Morgan fingerprint density at radius 3 is 2.39 bits per heavy atom. The molecule has 0 atom stereocenters. The van der Waals surface area contributed by atoms with E-state index in [1.807, 2.05) is 42.5 Å². The minimum atomic E-state index is -2.73. The van der Waals surface area contributed by atoms with Crippen LogP contribution >= 0.6 is 10.8 Å². The summed E-state index contributed by atoms with van der Waals surface area (Å²) in [6, 6.07) is 16.0. The van der Waals surface area contributed by atoms with Gasteiger partial charge in [-0.15, -0.1) is 10.8 Å². The van der Waals surface area contributed by atoms with Crippen molar-refractivity contribution < 1.29 is 13.8 Å². The number of ether oxygens (including phenoxy) is 1. The van der Waals surface area contributed by atoms with E-state index in [0.717, 1.165) is 40.0 Å². The summed E-state index contributed by atoms with van der Waals surface area (Å²) >= 11 is 0. The average molecular weight is 400 g/mol. The summed E-state index contributed by atoms with van der Waals surface area (Å²) in [5, 5.41) is 10.7. The molecule has 1 heterocycles. The maximum Gasteiger partial charge on any atom is 0.120 e. The summed E-state index contributed by atoms with van der Waals surface area (Å²) in [4.78, 5) is 0. The first-order valence-corrected chi connectivity index (χ1v) is 10.9. The van der Waals surface area contributed by atoms with Gasteiger partial charge in [0.1, 0.15) is 11.8 Å². The molecule has 0 bridgehead atoms. The van der Waals surface area contributed by atoms with Crippen molar-refractivity contribution in [2.45, 2.75) is 20.0 Å². The minimum absolute atomic E-state index is 0.429. The monoisotopic (exact) mass is 399 g/mol. The van der Waals surface area contributed by atoms with Crippen molar-refractivity contribution in [1.82, 2.24) is 8.87 Å². The Morgan fingerprint density at radius 1 is 1.18 bits per heavy atom. The molecule has 3 rings (SSSR count). The summed E-state index contributed by atoms with van der Waals surface area (Å²) in [5.74, 6) is 0.757. The van der Waals surface area contributed by atoms with Crippen LogP contribution in [-0.2, 0) is 13.1 Å². The van der Waals surface area contributed by atoms with Gasteiger partial charge >= 0.3 is 0 Å². The maximum absolute atomic E-state index is 9.82. The van der Waals surface area contributed by atoms with E-state index >= 15 is 0 Å². The van der Waals surface area contributed by atoms with Crippen LogP contribution in [0.15, 0.2) is 42.5 Å². The number of hydrogen-bond acceptors (Lipinski definition) is 5. The van der Waals surface area contributed by atoms with Gasteiger partial charge in [0, 0.05) is 37.8 Å². The fraction of sp³-hybridized carbons (Fsp3) is 0.286. The summed E-state index contributed by atoms with van der Waals surface area (Å²) in [5.41, 5.74) is 4.41. The molecule has 0 aliphatic rings. The fourth-order valence-electron chi connectivity index (χ4n) is 3.35. The SMILES string of the molecule is CCn1c(-c2ccc(CN(C)S(C)(O)O)cc2)c(C#N)c2ccc(OC)cc21. The fourth-order valence-corrected chi connectivity index (χ4v) is 3.74. The Labute approximate surface area is 167 Å². The Kier molecular flexibility index (Phi) is 5.68. The first-order valence-electron chi connectivity index (χ1n) is 8.94. The molecule has 7 heteroatoms. The van der Waals surface area contributed by atoms with Crippen molar-refractivity contribution >= 4 is 21.7 Å². The summed E-state index contributed by atoms with van der Waals surface area (Å²) in [7, 11) is 0.578. The molecule has 0 saturated carbocycles. The molecule has 3 aromatic rings. The van der Waals surface area contributed by atoms with Crippen LogP contribution in [-0.4, -0.2) is 38.4 Å². The number of fused-ring (bicyclic) bond motifs is 1. The lowest BCUT2D eigenvalue weighted by Crippen LogP contribution is -2.21. The number of nitriles is 1. The number of aryl methyl sites for hydroxylation is 1. The van der Waals surface area contributed by atoms with Crippen LogP contribution in [0.25, 0.3) is 22.2 Å². The molecule has 148 valence electrons. The third-order valence-electron chi connectivity index (χ3n) is 4.92. The third kappa shape index (κ3) is 3.73. The highest BCUT2D eigenvalue weighted by atomic mass is 32.3. The summed E-state index contributed by atoms with van der Waals surface area (Å²) in [6.45, 7) is 3.21. The normalized spacial score (nSPS) is 12.4. The molecular formula is C21H25N3O3S. The lowest BCUT2D eigenvalue weighted by molar-refractivity contribution is 0.387.